The third-order valence-corrected chi connectivity index (χ3v) is 2.25. The van der Waals surface area contributed by atoms with E-state index < -0.39 is 0 Å². The Bertz CT molecular complexity index is 164. The van der Waals surface area contributed by atoms with Gasteiger partial charge in [-0.15, -0.1) is 11.3 Å². The molecular formula is C6H10N2S. The van der Waals surface area contributed by atoms with Crippen LogP contribution < -0.4 is 11.5 Å². The summed E-state index contributed by atoms with van der Waals surface area (Å²) in [5, 5.41) is 0. The van der Waals surface area contributed by atoms with Crippen molar-refractivity contribution < 1.29 is 0 Å². The molecule has 1 rings (SSSR count). The van der Waals surface area contributed by atoms with Crippen LogP contribution in [0.5, 0.6) is 0 Å². The van der Waals surface area contributed by atoms with Gasteiger partial charge in [-0.25, -0.2) is 0 Å². The minimum Gasteiger partial charge on any atom is -0.326 e. The van der Waals surface area contributed by atoms with Gasteiger partial charge in [-0.3, -0.25) is 0 Å². The Morgan fingerprint density at radius 3 is 1.78 bits per heavy atom. The number of nitrogens with two attached hydrogens (primary N) is 2. The molecule has 4 N–H and O–H groups in total. The summed E-state index contributed by atoms with van der Waals surface area (Å²) >= 11 is 1.68. The van der Waals surface area contributed by atoms with Crippen LogP contribution in [-0.2, 0) is 13.1 Å². The molecule has 0 aliphatic rings. The number of hydrogen-bond acceptors (Lipinski definition) is 3. The minimum atomic E-state index is 0.630. The van der Waals surface area contributed by atoms with E-state index >= 15 is 0 Å². The molecule has 9 heavy (non-hydrogen) atoms. The van der Waals surface area contributed by atoms with Gasteiger partial charge in [-0.1, -0.05) is 0 Å². The lowest BCUT2D eigenvalue weighted by atomic mass is 10.4. The fourth-order valence-corrected chi connectivity index (χ4v) is 1.42. The van der Waals surface area contributed by atoms with Crippen LogP contribution in [0.4, 0.5) is 0 Å². The molecule has 0 fully saturated rings. The Morgan fingerprint density at radius 2 is 1.56 bits per heavy atom. The Kier molecular flexibility index (Phi) is 2.22. The van der Waals surface area contributed by atoms with Crippen LogP contribution in [0.1, 0.15) is 9.75 Å². The van der Waals surface area contributed by atoms with E-state index in [0.29, 0.717) is 13.1 Å². The first-order valence-electron chi connectivity index (χ1n) is 2.84. The maximum atomic E-state index is 5.39. The fraction of sp³-hybridized carbons (Fsp3) is 0.333. The second-order valence-electron chi connectivity index (χ2n) is 1.78. The number of hydrogen-bond donors (Lipinski definition) is 2. The molecule has 0 aliphatic heterocycles. The smallest absolute Gasteiger partial charge is 0.0273 e. The predicted octanol–water partition coefficient (Wildman–Crippen LogP) is 0.666. The van der Waals surface area contributed by atoms with Gasteiger partial charge in [0.15, 0.2) is 0 Å². The first-order valence-corrected chi connectivity index (χ1v) is 3.66. The van der Waals surface area contributed by atoms with Crippen molar-refractivity contribution in [1.29, 1.82) is 0 Å². The Hall–Kier alpha value is -0.380. The van der Waals surface area contributed by atoms with Crippen LogP contribution in [0.2, 0.25) is 0 Å². The van der Waals surface area contributed by atoms with Crippen LogP contribution in [0.3, 0.4) is 0 Å². The van der Waals surface area contributed by atoms with Crippen LogP contribution in [0, 0.1) is 0 Å². The molecule has 0 unspecified atom stereocenters. The SMILES string of the molecule is NCc1ccc(CN)s1. The van der Waals surface area contributed by atoms with Gasteiger partial charge in [0, 0.05) is 22.8 Å². The van der Waals surface area contributed by atoms with Crippen LogP contribution in [0.15, 0.2) is 12.1 Å². The summed E-state index contributed by atoms with van der Waals surface area (Å²) in [6, 6.07) is 4.04. The van der Waals surface area contributed by atoms with Crippen LogP contribution in [-0.4, -0.2) is 0 Å². The van der Waals surface area contributed by atoms with Crippen molar-refractivity contribution in [2.75, 3.05) is 0 Å². The maximum absolute atomic E-state index is 5.39. The highest BCUT2D eigenvalue weighted by atomic mass is 32.1. The van der Waals surface area contributed by atoms with Gasteiger partial charge in [-0.2, -0.15) is 0 Å². The minimum absolute atomic E-state index is 0.630. The standard InChI is InChI=1S/C6H10N2S/c7-3-5-1-2-6(4-8)9-5/h1-2H,3-4,7-8H2. The third-order valence-electron chi connectivity index (χ3n) is 1.12. The zero-order chi connectivity index (χ0) is 6.69. The Morgan fingerprint density at radius 1 is 1.11 bits per heavy atom. The summed E-state index contributed by atoms with van der Waals surface area (Å²) in [6.45, 7) is 1.26. The van der Waals surface area contributed by atoms with Crippen molar-refractivity contribution in [3.63, 3.8) is 0 Å². The Labute approximate surface area is 58.5 Å². The zero-order valence-electron chi connectivity index (χ0n) is 5.13. The third kappa shape index (κ3) is 1.51. The predicted molar refractivity (Wildman–Crippen MR) is 40.1 cm³/mol. The van der Waals surface area contributed by atoms with E-state index in [1.165, 1.54) is 9.75 Å². The van der Waals surface area contributed by atoms with E-state index in [9.17, 15) is 0 Å². The van der Waals surface area contributed by atoms with E-state index in [1.54, 1.807) is 11.3 Å². The molecule has 0 amide bonds. The largest absolute Gasteiger partial charge is 0.326 e. The van der Waals surface area contributed by atoms with Gasteiger partial charge in [-0.05, 0) is 12.1 Å². The molecule has 3 heteroatoms. The van der Waals surface area contributed by atoms with E-state index in [1.807, 2.05) is 12.1 Å². The molecule has 1 aromatic heterocycles. The van der Waals surface area contributed by atoms with Crippen molar-refractivity contribution in [3.05, 3.63) is 21.9 Å². The van der Waals surface area contributed by atoms with E-state index in [0.717, 1.165) is 0 Å². The van der Waals surface area contributed by atoms with Crippen molar-refractivity contribution in [1.82, 2.24) is 0 Å². The normalized spacial score (nSPS) is 10.0. The highest BCUT2D eigenvalue weighted by Gasteiger charge is 1.93. The summed E-state index contributed by atoms with van der Waals surface area (Å²) in [7, 11) is 0. The van der Waals surface area contributed by atoms with Gasteiger partial charge < -0.3 is 11.5 Å². The monoisotopic (exact) mass is 142 g/mol. The van der Waals surface area contributed by atoms with Gasteiger partial charge in [0.2, 0.25) is 0 Å². The lowest BCUT2D eigenvalue weighted by molar-refractivity contribution is 1.11. The average molecular weight is 142 g/mol. The lowest BCUT2D eigenvalue weighted by Gasteiger charge is -1.84. The Balaban J connectivity index is 2.74. The first-order chi connectivity index (χ1) is 4.36. The number of thiophene rings is 1. The summed E-state index contributed by atoms with van der Waals surface area (Å²) in [5.41, 5.74) is 10.8. The van der Waals surface area contributed by atoms with Crippen molar-refractivity contribution >= 4 is 11.3 Å². The van der Waals surface area contributed by atoms with Gasteiger partial charge in [0.05, 0.1) is 0 Å². The molecule has 0 radical (unpaired) electrons. The molecule has 1 heterocycles. The summed E-state index contributed by atoms with van der Waals surface area (Å²) in [5.74, 6) is 0. The number of rotatable bonds is 2. The molecule has 0 aliphatic carbocycles. The van der Waals surface area contributed by atoms with Gasteiger partial charge in [0.25, 0.3) is 0 Å². The molecule has 2 nitrogen and oxygen atoms in total. The van der Waals surface area contributed by atoms with E-state index in [2.05, 4.69) is 0 Å². The molecule has 1 aromatic rings. The molecule has 0 atom stereocenters. The topological polar surface area (TPSA) is 52.0 Å². The highest BCUT2D eigenvalue weighted by Crippen LogP contribution is 2.14. The van der Waals surface area contributed by atoms with Crippen LogP contribution in [0.25, 0.3) is 0 Å². The van der Waals surface area contributed by atoms with Crippen molar-refractivity contribution in [2.45, 2.75) is 13.1 Å². The molecular weight excluding hydrogens is 132 g/mol. The van der Waals surface area contributed by atoms with E-state index in [4.69, 9.17) is 11.5 Å². The quantitative estimate of drug-likeness (QED) is 0.637. The van der Waals surface area contributed by atoms with Gasteiger partial charge in [0.1, 0.15) is 0 Å². The van der Waals surface area contributed by atoms with E-state index in [-0.39, 0.29) is 0 Å². The molecule has 0 bridgehead atoms. The maximum Gasteiger partial charge on any atom is 0.0273 e. The molecule has 0 aromatic carbocycles. The first kappa shape index (κ1) is 6.74. The molecule has 0 saturated heterocycles. The summed E-state index contributed by atoms with van der Waals surface area (Å²) in [6.07, 6.45) is 0. The summed E-state index contributed by atoms with van der Waals surface area (Å²) in [4.78, 5) is 2.41. The highest BCUT2D eigenvalue weighted by molar-refractivity contribution is 7.11. The van der Waals surface area contributed by atoms with Crippen molar-refractivity contribution in [3.8, 4) is 0 Å². The zero-order valence-corrected chi connectivity index (χ0v) is 5.95. The second-order valence-corrected chi connectivity index (χ2v) is 3.03. The lowest BCUT2D eigenvalue weighted by Crippen LogP contribution is -1.92. The average Bonchev–Trinajstić information content (AvgIpc) is 2.34. The molecule has 0 spiro atoms. The van der Waals surface area contributed by atoms with Crippen LogP contribution >= 0.6 is 11.3 Å². The summed E-state index contributed by atoms with van der Waals surface area (Å²) < 4.78 is 0. The molecule has 50 valence electrons. The van der Waals surface area contributed by atoms with Gasteiger partial charge >= 0.3 is 0 Å². The second kappa shape index (κ2) is 2.96. The molecule has 0 saturated carbocycles. The fourth-order valence-electron chi connectivity index (χ4n) is 0.642. The van der Waals surface area contributed by atoms with Crippen molar-refractivity contribution in [2.24, 2.45) is 11.5 Å².